The first kappa shape index (κ1) is 20.0. The number of rotatable bonds is 7. The lowest BCUT2D eigenvalue weighted by atomic mass is 10.0. The van der Waals surface area contributed by atoms with Crippen molar-refractivity contribution in [3.8, 4) is 0 Å². The molecule has 1 unspecified atom stereocenters. The zero-order valence-corrected chi connectivity index (χ0v) is 15.2. The van der Waals surface area contributed by atoms with Crippen LogP contribution in [-0.4, -0.2) is 41.3 Å². The highest BCUT2D eigenvalue weighted by atomic mass is 16.6. The lowest BCUT2D eigenvalue weighted by molar-refractivity contribution is -0.394. The summed E-state index contributed by atoms with van der Waals surface area (Å²) in [5.74, 6) is -0.595. The molecule has 0 spiro atoms. The molecule has 9 heteroatoms. The molecule has 0 bridgehead atoms. The highest BCUT2D eigenvalue weighted by Crippen LogP contribution is 2.28. The largest absolute Gasteiger partial charge is 0.350 e. The van der Waals surface area contributed by atoms with Gasteiger partial charge in [-0.25, -0.2) is 0 Å². The van der Waals surface area contributed by atoms with Crippen molar-refractivity contribution in [1.82, 2.24) is 10.2 Å². The van der Waals surface area contributed by atoms with E-state index in [0.717, 1.165) is 17.7 Å². The molecule has 0 aliphatic carbocycles. The normalized spacial score (nSPS) is 11.9. The Morgan fingerprint density at radius 3 is 2.26 bits per heavy atom. The Kier molecular flexibility index (Phi) is 6.19. The lowest BCUT2D eigenvalue weighted by Crippen LogP contribution is -2.34. The maximum absolute atomic E-state index is 12.6. The summed E-state index contributed by atoms with van der Waals surface area (Å²) in [6.07, 6.45) is 0. The van der Waals surface area contributed by atoms with Gasteiger partial charge >= 0.3 is 0 Å². The minimum absolute atomic E-state index is 0.0820. The molecule has 142 valence electrons. The van der Waals surface area contributed by atoms with Crippen molar-refractivity contribution < 1.29 is 14.6 Å². The molecule has 1 N–H and O–H groups in total. The number of carbonyl (C=O) groups is 1. The Labute approximate surface area is 155 Å². The molecule has 1 amide bonds. The van der Waals surface area contributed by atoms with Gasteiger partial charge in [-0.15, -0.1) is 0 Å². The van der Waals surface area contributed by atoms with Crippen LogP contribution in [0.25, 0.3) is 0 Å². The van der Waals surface area contributed by atoms with E-state index in [1.807, 2.05) is 49.3 Å². The molecule has 0 fully saturated rings. The van der Waals surface area contributed by atoms with Gasteiger partial charge in [-0.05, 0) is 26.6 Å². The highest BCUT2D eigenvalue weighted by molar-refractivity contribution is 5.97. The van der Waals surface area contributed by atoms with Gasteiger partial charge in [-0.2, -0.15) is 0 Å². The van der Waals surface area contributed by atoms with E-state index in [1.54, 1.807) is 0 Å². The molecule has 1 atom stereocenters. The number of hydrogen-bond donors (Lipinski definition) is 1. The van der Waals surface area contributed by atoms with Crippen LogP contribution in [0.15, 0.2) is 42.5 Å². The van der Waals surface area contributed by atoms with E-state index in [4.69, 9.17) is 0 Å². The Morgan fingerprint density at radius 1 is 1.11 bits per heavy atom. The second kappa shape index (κ2) is 8.37. The van der Waals surface area contributed by atoms with Crippen LogP contribution in [0.3, 0.4) is 0 Å². The standard InChI is InChI=1S/C18H20N4O5/c1-12-15(9-14(21(24)25)10-16(12)22(26)27)18(23)19-11-17(20(2)3)13-7-5-4-6-8-13/h4-10,17H,11H2,1-3H3,(H,19,23). The number of nitro benzene ring substituents is 2. The van der Waals surface area contributed by atoms with E-state index in [0.29, 0.717) is 0 Å². The van der Waals surface area contributed by atoms with Crippen LogP contribution < -0.4 is 5.32 Å². The van der Waals surface area contributed by atoms with Gasteiger partial charge in [0.15, 0.2) is 0 Å². The van der Waals surface area contributed by atoms with Gasteiger partial charge in [0, 0.05) is 18.2 Å². The molecule has 0 radical (unpaired) electrons. The fourth-order valence-corrected chi connectivity index (χ4v) is 2.77. The predicted octanol–water partition coefficient (Wildman–Crippen LogP) is 2.84. The summed E-state index contributed by atoms with van der Waals surface area (Å²) >= 11 is 0. The quantitative estimate of drug-likeness (QED) is 0.590. The monoisotopic (exact) mass is 372 g/mol. The Bertz CT molecular complexity index is 868. The topological polar surface area (TPSA) is 119 Å². The minimum Gasteiger partial charge on any atom is -0.350 e. The van der Waals surface area contributed by atoms with Crippen LogP contribution in [0.4, 0.5) is 11.4 Å². The van der Waals surface area contributed by atoms with Crippen LogP contribution in [0, 0.1) is 27.2 Å². The Balaban J connectivity index is 2.29. The van der Waals surface area contributed by atoms with Gasteiger partial charge in [0.2, 0.25) is 0 Å². The number of nitrogens with zero attached hydrogens (tertiary/aromatic N) is 3. The van der Waals surface area contributed by atoms with Crippen molar-refractivity contribution in [3.63, 3.8) is 0 Å². The Morgan fingerprint density at radius 2 is 1.74 bits per heavy atom. The number of carbonyl (C=O) groups excluding carboxylic acids is 1. The van der Waals surface area contributed by atoms with Crippen molar-refractivity contribution in [3.05, 3.63) is 79.4 Å². The third kappa shape index (κ3) is 4.64. The van der Waals surface area contributed by atoms with Crippen LogP contribution in [0.2, 0.25) is 0 Å². The molecule has 2 aromatic rings. The number of benzene rings is 2. The Hall–Kier alpha value is -3.33. The maximum Gasteiger partial charge on any atom is 0.279 e. The second-order valence-electron chi connectivity index (χ2n) is 6.25. The average molecular weight is 372 g/mol. The number of amides is 1. The van der Waals surface area contributed by atoms with Gasteiger partial charge < -0.3 is 10.2 Å². The van der Waals surface area contributed by atoms with Crippen molar-refractivity contribution in [1.29, 1.82) is 0 Å². The average Bonchev–Trinajstić information content (AvgIpc) is 2.62. The van der Waals surface area contributed by atoms with Crippen LogP contribution in [0.5, 0.6) is 0 Å². The fourth-order valence-electron chi connectivity index (χ4n) is 2.77. The number of likely N-dealkylation sites (N-methyl/N-ethyl adjacent to an activating group) is 1. The first-order chi connectivity index (χ1) is 12.7. The third-order valence-electron chi connectivity index (χ3n) is 4.28. The molecule has 27 heavy (non-hydrogen) atoms. The molecule has 0 saturated carbocycles. The van der Waals surface area contributed by atoms with Crippen LogP contribution >= 0.6 is 0 Å². The number of nitro groups is 2. The molecule has 9 nitrogen and oxygen atoms in total. The number of non-ortho nitro benzene ring substituents is 1. The molecule has 0 aliphatic rings. The van der Waals surface area contributed by atoms with Gasteiger partial charge in [0.05, 0.1) is 27.5 Å². The van der Waals surface area contributed by atoms with E-state index in [2.05, 4.69) is 5.32 Å². The predicted molar refractivity (Wildman–Crippen MR) is 99.7 cm³/mol. The summed E-state index contributed by atoms with van der Waals surface area (Å²) < 4.78 is 0. The van der Waals surface area contributed by atoms with Crippen LogP contribution in [0.1, 0.15) is 27.5 Å². The summed E-state index contributed by atoms with van der Waals surface area (Å²) in [6, 6.07) is 11.3. The first-order valence-electron chi connectivity index (χ1n) is 8.15. The second-order valence-corrected chi connectivity index (χ2v) is 6.25. The SMILES string of the molecule is Cc1c(C(=O)NCC(c2ccccc2)N(C)C)cc([N+](=O)[O-])cc1[N+](=O)[O-]. The van der Waals surface area contributed by atoms with Gasteiger partial charge in [0.1, 0.15) is 0 Å². The van der Waals surface area contributed by atoms with Crippen LogP contribution in [-0.2, 0) is 0 Å². The van der Waals surface area contributed by atoms with E-state index in [1.165, 1.54) is 6.92 Å². The molecule has 0 aromatic heterocycles. The summed E-state index contributed by atoms with van der Waals surface area (Å²) in [5.41, 5.74) is 0.0430. The van der Waals surface area contributed by atoms with Crippen molar-refractivity contribution in [2.45, 2.75) is 13.0 Å². The zero-order valence-electron chi connectivity index (χ0n) is 15.2. The summed E-state index contributed by atoms with van der Waals surface area (Å²) in [5, 5.41) is 24.9. The lowest BCUT2D eigenvalue weighted by Gasteiger charge is -2.25. The molecule has 0 saturated heterocycles. The van der Waals surface area contributed by atoms with Crippen molar-refractivity contribution >= 4 is 17.3 Å². The van der Waals surface area contributed by atoms with E-state index in [9.17, 15) is 25.0 Å². The molecular weight excluding hydrogens is 352 g/mol. The van der Waals surface area contributed by atoms with Gasteiger partial charge in [0.25, 0.3) is 17.3 Å². The van der Waals surface area contributed by atoms with E-state index in [-0.39, 0.29) is 23.7 Å². The van der Waals surface area contributed by atoms with Gasteiger partial charge in [-0.3, -0.25) is 25.0 Å². The van der Waals surface area contributed by atoms with Crippen molar-refractivity contribution in [2.75, 3.05) is 20.6 Å². The smallest absolute Gasteiger partial charge is 0.279 e. The molecule has 0 heterocycles. The zero-order chi connectivity index (χ0) is 20.1. The molecule has 2 rings (SSSR count). The molecule has 0 aliphatic heterocycles. The highest BCUT2D eigenvalue weighted by Gasteiger charge is 2.25. The number of hydrogen-bond acceptors (Lipinski definition) is 6. The summed E-state index contributed by atoms with van der Waals surface area (Å²) in [7, 11) is 3.74. The van der Waals surface area contributed by atoms with Gasteiger partial charge in [-0.1, -0.05) is 30.3 Å². The fraction of sp³-hybridized carbons (Fsp3) is 0.278. The summed E-state index contributed by atoms with van der Waals surface area (Å²) in [6.45, 7) is 1.64. The third-order valence-corrected chi connectivity index (χ3v) is 4.28. The number of nitrogens with one attached hydrogen (secondary N) is 1. The summed E-state index contributed by atoms with van der Waals surface area (Å²) in [4.78, 5) is 35.2. The maximum atomic E-state index is 12.6. The first-order valence-corrected chi connectivity index (χ1v) is 8.15. The minimum atomic E-state index is -0.754. The molecular formula is C18H20N4O5. The molecule has 2 aromatic carbocycles. The van der Waals surface area contributed by atoms with E-state index < -0.39 is 27.1 Å². The van der Waals surface area contributed by atoms with Crippen molar-refractivity contribution in [2.24, 2.45) is 0 Å². The van der Waals surface area contributed by atoms with E-state index >= 15 is 0 Å².